The molecule has 0 unspecified atom stereocenters. The van der Waals surface area contributed by atoms with Crippen molar-refractivity contribution in [3.05, 3.63) is 25.4 Å². The smallest absolute Gasteiger partial charge is 0.264 e. The molecule has 90 valence electrons. The second-order valence-electron chi connectivity index (χ2n) is 3.30. The van der Waals surface area contributed by atoms with Gasteiger partial charge in [0, 0.05) is 27.2 Å². The quantitative estimate of drug-likeness (QED) is 0.623. The van der Waals surface area contributed by atoms with Crippen molar-refractivity contribution in [2.45, 2.75) is 19.4 Å². The van der Waals surface area contributed by atoms with Crippen LogP contribution in [0.1, 0.15) is 17.9 Å². The van der Waals surface area contributed by atoms with E-state index in [1.165, 1.54) is 0 Å². The minimum atomic E-state index is -0.102. The molecule has 1 N–H and O–H groups in total. The van der Waals surface area contributed by atoms with Crippen molar-refractivity contribution in [1.29, 1.82) is 0 Å². The molecule has 0 bridgehead atoms. The molecule has 0 spiro atoms. The number of hydrogen-bond donors (Lipinski definition) is 1. The highest BCUT2D eigenvalue weighted by atomic mass is 127. The molecule has 5 nitrogen and oxygen atoms in total. The zero-order valence-electron chi connectivity index (χ0n) is 9.38. The van der Waals surface area contributed by atoms with E-state index in [2.05, 4.69) is 9.97 Å². The topological polar surface area (TPSA) is 64.2 Å². The molecule has 16 heavy (non-hydrogen) atoms. The zero-order valence-corrected chi connectivity index (χ0v) is 11.5. The van der Waals surface area contributed by atoms with Crippen molar-refractivity contribution >= 4 is 22.6 Å². The third-order valence-electron chi connectivity index (χ3n) is 2.02. The van der Waals surface area contributed by atoms with Gasteiger partial charge in [0.25, 0.3) is 5.56 Å². The fourth-order valence-electron chi connectivity index (χ4n) is 1.29. The van der Waals surface area contributed by atoms with Crippen LogP contribution in [0.25, 0.3) is 0 Å². The Labute approximate surface area is 108 Å². The van der Waals surface area contributed by atoms with Crippen molar-refractivity contribution in [1.82, 2.24) is 9.97 Å². The number of aryl methyl sites for hydroxylation is 1. The Morgan fingerprint density at radius 3 is 2.75 bits per heavy atom. The Bertz CT molecular complexity index is 392. The Kier molecular flexibility index (Phi) is 5.93. The lowest BCUT2D eigenvalue weighted by molar-refractivity contribution is 0.180. The van der Waals surface area contributed by atoms with Crippen LogP contribution in [0.15, 0.2) is 4.79 Å². The van der Waals surface area contributed by atoms with Gasteiger partial charge in [0.15, 0.2) is 0 Å². The number of halogens is 1. The van der Waals surface area contributed by atoms with Gasteiger partial charge >= 0.3 is 0 Å². The molecule has 0 aliphatic carbocycles. The summed E-state index contributed by atoms with van der Waals surface area (Å²) in [6, 6.07) is 0. The summed E-state index contributed by atoms with van der Waals surface area (Å²) in [5.74, 6) is 0.689. The molecule has 0 amide bonds. The molecular formula is C10H15IN2O3. The highest BCUT2D eigenvalue weighted by Gasteiger charge is 2.08. The first-order valence-corrected chi connectivity index (χ1v) is 6.02. The number of aromatic amines is 1. The van der Waals surface area contributed by atoms with E-state index < -0.39 is 0 Å². The van der Waals surface area contributed by atoms with Crippen molar-refractivity contribution in [2.75, 3.05) is 20.8 Å². The Hall–Kier alpha value is -0.470. The molecule has 0 aliphatic heterocycles. The van der Waals surface area contributed by atoms with Gasteiger partial charge in [-0.25, -0.2) is 4.98 Å². The van der Waals surface area contributed by atoms with Gasteiger partial charge in [-0.2, -0.15) is 0 Å². The van der Waals surface area contributed by atoms with Crippen LogP contribution in [-0.4, -0.2) is 30.8 Å². The summed E-state index contributed by atoms with van der Waals surface area (Å²) in [5, 5.41) is 0. The standard InChI is InChI=1S/C10H15IN2O3/c1-15-5-3-4-8-12-7(6-16-2)9(11)10(14)13-8/h3-6H2,1-2H3,(H,12,13,14). The van der Waals surface area contributed by atoms with E-state index in [9.17, 15) is 4.79 Å². The van der Waals surface area contributed by atoms with Crippen LogP contribution in [0.3, 0.4) is 0 Å². The normalized spacial score (nSPS) is 10.7. The lowest BCUT2D eigenvalue weighted by Crippen LogP contribution is -2.18. The number of methoxy groups -OCH3 is 2. The minimum absolute atomic E-state index is 0.102. The molecule has 0 aliphatic rings. The maximum absolute atomic E-state index is 11.6. The number of hydrogen-bond acceptors (Lipinski definition) is 4. The third-order valence-corrected chi connectivity index (χ3v) is 3.14. The first-order chi connectivity index (χ1) is 7.69. The van der Waals surface area contributed by atoms with Crippen LogP contribution in [0.2, 0.25) is 0 Å². The van der Waals surface area contributed by atoms with Gasteiger partial charge in [0.05, 0.1) is 12.3 Å². The Balaban J connectivity index is 2.82. The second kappa shape index (κ2) is 6.97. The van der Waals surface area contributed by atoms with Gasteiger partial charge < -0.3 is 14.5 Å². The summed E-state index contributed by atoms with van der Waals surface area (Å²) in [5.41, 5.74) is 0.592. The summed E-state index contributed by atoms with van der Waals surface area (Å²) < 4.78 is 10.5. The number of nitrogens with zero attached hydrogens (tertiary/aromatic N) is 1. The van der Waals surface area contributed by atoms with E-state index in [-0.39, 0.29) is 5.56 Å². The molecule has 1 aromatic rings. The summed E-state index contributed by atoms with van der Waals surface area (Å²) in [4.78, 5) is 18.7. The molecule has 0 atom stereocenters. The predicted octanol–water partition coefficient (Wildman–Crippen LogP) is 1.10. The van der Waals surface area contributed by atoms with Gasteiger partial charge in [0.1, 0.15) is 9.39 Å². The van der Waals surface area contributed by atoms with Crippen LogP contribution in [0.4, 0.5) is 0 Å². The van der Waals surface area contributed by atoms with Crippen LogP contribution in [-0.2, 0) is 22.5 Å². The summed E-state index contributed by atoms with van der Waals surface area (Å²) in [6.45, 7) is 1.02. The molecular weight excluding hydrogens is 323 g/mol. The second-order valence-corrected chi connectivity index (χ2v) is 4.38. The van der Waals surface area contributed by atoms with Gasteiger partial charge in [0.2, 0.25) is 0 Å². The highest BCUT2D eigenvalue weighted by molar-refractivity contribution is 14.1. The SMILES string of the molecule is COCCCc1nc(COC)c(I)c(=O)[nH]1. The van der Waals surface area contributed by atoms with Crippen molar-refractivity contribution in [2.24, 2.45) is 0 Å². The molecule has 0 radical (unpaired) electrons. The monoisotopic (exact) mass is 338 g/mol. The lowest BCUT2D eigenvalue weighted by Gasteiger charge is -2.05. The maximum Gasteiger partial charge on any atom is 0.264 e. The molecule has 0 fully saturated rings. The first-order valence-electron chi connectivity index (χ1n) is 4.94. The van der Waals surface area contributed by atoms with E-state index in [1.807, 2.05) is 22.6 Å². The van der Waals surface area contributed by atoms with Gasteiger partial charge in [-0.1, -0.05) is 0 Å². The van der Waals surface area contributed by atoms with Gasteiger partial charge in [-0.3, -0.25) is 4.79 Å². The number of aromatic nitrogens is 2. The average Bonchev–Trinajstić information content (AvgIpc) is 2.26. The number of ether oxygens (including phenoxy) is 2. The van der Waals surface area contributed by atoms with Gasteiger partial charge in [-0.05, 0) is 29.0 Å². The number of nitrogens with one attached hydrogen (secondary N) is 1. The predicted molar refractivity (Wildman–Crippen MR) is 68.5 cm³/mol. The van der Waals surface area contributed by atoms with E-state index in [0.29, 0.717) is 34.7 Å². The van der Waals surface area contributed by atoms with E-state index in [4.69, 9.17) is 9.47 Å². The van der Waals surface area contributed by atoms with E-state index in [0.717, 1.165) is 6.42 Å². The first kappa shape index (κ1) is 13.6. The maximum atomic E-state index is 11.6. The average molecular weight is 338 g/mol. The van der Waals surface area contributed by atoms with E-state index in [1.54, 1.807) is 14.2 Å². The Morgan fingerprint density at radius 1 is 1.38 bits per heavy atom. The zero-order chi connectivity index (χ0) is 12.0. The fourth-order valence-corrected chi connectivity index (χ4v) is 1.70. The van der Waals surface area contributed by atoms with E-state index >= 15 is 0 Å². The number of H-pyrrole nitrogens is 1. The Morgan fingerprint density at radius 2 is 2.12 bits per heavy atom. The lowest BCUT2D eigenvalue weighted by atomic mass is 10.3. The summed E-state index contributed by atoms with van der Waals surface area (Å²) in [7, 11) is 3.24. The van der Waals surface area contributed by atoms with Crippen LogP contribution < -0.4 is 5.56 Å². The van der Waals surface area contributed by atoms with Crippen molar-refractivity contribution in [3.8, 4) is 0 Å². The molecule has 6 heteroatoms. The third kappa shape index (κ3) is 3.84. The van der Waals surface area contributed by atoms with Crippen LogP contribution in [0.5, 0.6) is 0 Å². The number of rotatable bonds is 6. The van der Waals surface area contributed by atoms with Crippen molar-refractivity contribution < 1.29 is 9.47 Å². The fraction of sp³-hybridized carbons (Fsp3) is 0.600. The summed E-state index contributed by atoms with van der Waals surface area (Å²) in [6.07, 6.45) is 1.54. The summed E-state index contributed by atoms with van der Waals surface area (Å²) >= 11 is 1.98. The molecule has 1 rings (SSSR count). The minimum Gasteiger partial charge on any atom is -0.385 e. The molecule has 0 aromatic carbocycles. The molecule has 1 heterocycles. The largest absolute Gasteiger partial charge is 0.385 e. The van der Waals surface area contributed by atoms with Crippen molar-refractivity contribution in [3.63, 3.8) is 0 Å². The molecule has 1 aromatic heterocycles. The van der Waals surface area contributed by atoms with Crippen LogP contribution in [0, 0.1) is 3.57 Å². The molecule has 0 saturated heterocycles. The van der Waals surface area contributed by atoms with Gasteiger partial charge in [-0.15, -0.1) is 0 Å². The highest BCUT2D eigenvalue weighted by Crippen LogP contribution is 2.06. The van der Waals surface area contributed by atoms with Crippen LogP contribution >= 0.6 is 22.6 Å². The molecule has 0 saturated carbocycles.